The Morgan fingerprint density at radius 3 is 2.64 bits per heavy atom. The van der Waals surface area contributed by atoms with Crippen LogP contribution in [0.15, 0.2) is 23.3 Å². The van der Waals surface area contributed by atoms with Crippen molar-refractivity contribution in [2.24, 2.45) is 7.05 Å². The molecule has 0 spiro atoms. The minimum absolute atomic E-state index is 0.0626. The molecule has 3 aromatic rings. The number of pyridine rings is 1. The normalized spacial score (nSPS) is 17.9. The zero-order valence-electron chi connectivity index (χ0n) is 13.0. The molecule has 4 rings (SSSR count). The summed E-state index contributed by atoms with van der Waals surface area (Å²) in [5, 5.41) is 1.79. The van der Waals surface area contributed by atoms with Gasteiger partial charge in [-0.1, -0.05) is 32.1 Å². The maximum atomic E-state index is 12.6. The first-order valence-electron chi connectivity index (χ1n) is 8.30. The van der Waals surface area contributed by atoms with Gasteiger partial charge in [-0.25, -0.2) is 4.98 Å². The fraction of sp³-hybridized carbons (Fsp3) is 0.529. The van der Waals surface area contributed by atoms with Crippen LogP contribution in [0.5, 0.6) is 0 Å². The number of hydrogen-bond donors (Lipinski definition) is 1. The Labute approximate surface area is 128 Å². The van der Waals surface area contributed by atoms with E-state index in [2.05, 4.69) is 14.6 Å². The Morgan fingerprint density at radius 2 is 1.86 bits per heavy atom. The largest absolute Gasteiger partial charge is 0.346 e. The van der Waals surface area contributed by atoms with E-state index in [0.29, 0.717) is 6.04 Å². The lowest BCUT2D eigenvalue weighted by Crippen LogP contribution is -2.23. The van der Waals surface area contributed by atoms with Crippen LogP contribution >= 0.6 is 0 Å². The molecule has 5 heteroatoms. The molecule has 1 saturated carbocycles. The van der Waals surface area contributed by atoms with Crippen molar-refractivity contribution in [2.75, 3.05) is 0 Å². The maximum absolute atomic E-state index is 12.6. The minimum atomic E-state index is 0.0626. The van der Waals surface area contributed by atoms with Gasteiger partial charge in [0.1, 0.15) is 5.65 Å². The van der Waals surface area contributed by atoms with E-state index in [-0.39, 0.29) is 5.56 Å². The fourth-order valence-electron chi connectivity index (χ4n) is 3.93. The van der Waals surface area contributed by atoms with Crippen LogP contribution in [-0.2, 0) is 7.05 Å². The van der Waals surface area contributed by atoms with Crippen molar-refractivity contribution in [3.05, 3.63) is 28.8 Å². The van der Waals surface area contributed by atoms with Gasteiger partial charge in [0.05, 0.1) is 16.9 Å². The highest BCUT2D eigenvalue weighted by molar-refractivity contribution is 6.02. The molecule has 1 N–H and O–H groups in total. The zero-order valence-corrected chi connectivity index (χ0v) is 13.0. The van der Waals surface area contributed by atoms with E-state index in [9.17, 15) is 4.79 Å². The van der Waals surface area contributed by atoms with E-state index >= 15 is 0 Å². The second-order valence-electron chi connectivity index (χ2n) is 6.43. The van der Waals surface area contributed by atoms with E-state index in [1.54, 1.807) is 10.9 Å². The molecule has 1 aliphatic carbocycles. The summed E-state index contributed by atoms with van der Waals surface area (Å²) in [6, 6.07) is 2.44. The first kappa shape index (κ1) is 13.6. The molecule has 5 nitrogen and oxygen atoms in total. The summed E-state index contributed by atoms with van der Waals surface area (Å²) in [4.78, 5) is 20.1. The van der Waals surface area contributed by atoms with Gasteiger partial charge in [0.2, 0.25) is 0 Å². The highest BCUT2D eigenvalue weighted by atomic mass is 16.1. The molecule has 3 aromatic heterocycles. The van der Waals surface area contributed by atoms with Gasteiger partial charge in [-0.3, -0.25) is 14.2 Å². The lowest BCUT2D eigenvalue weighted by atomic mass is 9.96. The van der Waals surface area contributed by atoms with Gasteiger partial charge >= 0.3 is 0 Å². The molecule has 1 fully saturated rings. The lowest BCUT2D eigenvalue weighted by Gasteiger charge is -2.24. The summed E-state index contributed by atoms with van der Waals surface area (Å²) < 4.78 is 4.03. The Kier molecular flexibility index (Phi) is 3.28. The second-order valence-corrected chi connectivity index (χ2v) is 6.43. The van der Waals surface area contributed by atoms with Crippen LogP contribution in [0.3, 0.4) is 0 Å². The molecule has 0 radical (unpaired) electrons. The summed E-state index contributed by atoms with van der Waals surface area (Å²) in [5.41, 5.74) is 1.97. The van der Waals surface area contributed by atoms with Gasteiger partial charge in [0, 0.05) is 24.8 Å². The monoisotopic (exact) mass is 298 g/mol. The molecule has 0 amide bonds. The van der Waals surface area contributed by atoms with Gasteiger partial charge in [-0.15, -0.1) is 0 Å². The van der Waals surface area contributed by atoms with Crippen molar-refractivity contribution >= 4 is 21.9 Å². The van der Waals surface area contributed by atoms with Crippen LogP contribution in [-0.4, -0.2) is 19.3 Å². The predicted octanol–water partition coefficient (Wildman–Crippen LogP) is 3.50. The third-order valence-corrected chi connectivity index (χ3v) is 5.06. The summed E-state index contributed by atoms with van der Waals surface area (Å²) in [5.74, 6) is 0. The molecular formula is C17H22N4O. The highest BCUT2D eigenvalue weighted by Gasteiger charge is 2.21. The molecule has 22 heavy (non-hydrogen) atoms. The summed E-state index contributed by atoms with van der Waals surface area (Å²) in [6.45, 7) is 0. The van der Waals surface area contributed by atoms with Crippen molar-refractivity contribution < 1.29 is 0 Å². The topological polar surface area (TPSA) is 55.6 Å². The van der Waals surface area contributed by atoms with Gasteiger partial charge in [0.15, 0.2) is 0 Å². The smallest absolute Gasteiger partial charge is 0.275 e. The summed E-state index contributed by atoms with van der Waals surface area (Å²) in [6.07, 6.45) is 12.4. The SMILES string of the molecule is Cn1c(=O)c2cnc3[nH]ccc3c2n1C1CCCCCCC1. The molecule has 116 valence electrons. The van der Waals surface area contributed by atoms with Crippen LogP contribution in [0.2, 0.25) is 0 Å². The molecule has 3 heterocycles. The van der Waals surface area contributed by atoms with Crippen LogP contribution in [0, 0.1) is 0 Å². The average Bonchev–Trinajstić information content (AvgIpc) is 3.05. The van der Waals surface area contributed by atoms with Gasteiger partial charge in [-0.05, 0) is 18.9 Å². The average molecular weight is 298 g/mol. The number of aromatic nitrogens is 4. The molecule has 1 aliphatic rings. The highest BCUT2D eigenvalue weighted by Crippen LogP contribution is 2.31. The molecule has 0 aliphatic heterocycles. The van der Waals surface area contributed by atoms with Crippen molar-refractivity contribution in [1.29, 1.82) is 0 Å². The van der Waals surface area contributed by atoms with Crippen molar-refractivity contribution in [3.63, 3.8) is 0 Å². The lowest BCUT2D eigenvalue weighted by molar-refractivity contribution is 0.324. The van der Waals surface area contributed by atoms with Crippen LogP contribution in [0.25, 0.3) is 21.9 Å². The van der Waals surface area contributed by atoms with Crippen molar-refractivity contribution in [3.8, 4) is 0 Å². The van der Waals surface area contributed by atoms with Crippen molar-refractivity contribution in [1.82, 2.24) is 19.3 Å². The number of hydrogen-bond acceptors (Lipinski definition) is 2. The van der Waals surface area contributed by atoms with E-state index in [0.717, 1.165) is 34.8 Å². The van der Waals surface area contributed by atoms with E-state index in [1.807, 2.05) is 19.3 Å². The third-order valence-electron chi connectivity index (χ3n) is 5.06. The fourth-order valence-corrected chi connectivity index (χ4v) is 3.93. The van der Waals surface area contributed by atoms with E-state index in [4.69, 9.17) is 0 Å². The molecular weight excluding hydrogens is 276 g/mol. The summed E-state index contributed by atoms with van der Waals surface area (Å²) in [7, 11) is 1.89. The third kappa shape index (κ3) is 1.99. The van der Waals surface area contributed by atoms with Crippen LogP contribution in [0.4, 0.5) is 0 Å². The Morgan fingerprint density at radius 1 is 1.14 bits per heavy atom. The number of H-pyrrole nitrogens is 1. The number of aromatic amines is 1. The number of rotatable bonds is 1. The van der Waals surface area contributed by atoms with Gasteiger partial charge in [-0.2, -0.15) is 0 Å². The Balaban J connectivity index is 1.96. The predicted molar refractivity (Wildman–Crippen MR) is 88.2 cm³/mol. The maximum Gasteiger partial charge on any atom is 0.275 e. The van der Waals surface area contributed by atoms with Crippen LogP contribution < -0.4 is 5.56 Å². The van der Waals surface area contributed by atoms with E-state index in [1.165, 1.54) is 32.1 Å². The standard InChI is InChI=1S/C17H22N4O/c1-20-17(22)14-11-19-16-13(9-10-18-16)15(14)21(20)12-7-5-3-2-4-6-8-12/h9-12H,2-8H2,1H3,(H,18,19). The van der Waals surface area contributed by atoms with Crippen molar-refractivity contribution in [2.45, 2.75) is 51.0 Å². The molecule has 0 unspecified atom stereocenters. The first-order chi connectivity index (χ1) is 10.8. The van der Waals surface area contributed by atoms with E-state index < -0.39 is 0 Å². The molecule has 0 bridgehead atoms. The number of fused-ring (bicyclic) bond motifs is 3. The molecule has 0 aromatic carbocycles. The second kappa shape index (κ2) is 5.30. The summed E-state index contributed by atoms with van der Waals surface area (Å²) >= 11 is 0. The Bertz CT molecular complexity index is 862. The zero-order chi connectivity index (χ0) is 15.1. The van der Waals surface area contributed by atoms with Gasteiger partial charge < -0.3 is 4.98 Å². The van der Waals surface area contributed by atoms with Gasteiger partial charge in [0.25, 0.3) is 5.56 Å². The first-order valence-corrected chi connectivity index (χ1v) is 8.30. The number of nitrogens with one attached hydrogen (secondary N) is 1. The Hall–Kier alpha value is -2.04. The quantitative estimate of drug-likeness (QED) is 0.747. The minimum Gasteiger partial charge on any atom is -0.346 e. The van der Waals surface area contributed by atoms with Crippen LogP contribution in [0.1, 0.15) is 51.0 Å². The number of nitrogens with zero attached hydrogens (tertiary/aromatic N) is 3. The molecule has 0 saturated heterocycles. The molecule has 0 atom stereocenters.